The third kappa shape index (κ3) is 2.40. The number of carbonyl (C=O) groups excluding carboxylic acids is 1. The fourth-order valence-electron chi connectivity index (χ4n) is 1.76. The minimum Gasteiger partial charge on any atom is -0.369 e. The quantitative estimate of drug-likeness (QED) is 0.916. The Morgan fingerprint density at radius 1 is 1.47 bits per heavy atom. The third-order valence-corrected chi connectivity index (χ3v) is 3.29. The average Bonchev–Trinajstić information content (AvgIpc) is 2.61. The molecule has 90 valence electrons. The highest BCUT2D eigenvalue weighted by atomic mass is 35.5. The van der Waals surface area contributed by atoms with Crippen LogP contribution in [0.25, 0.3) is 10.9 Å². The summed E-state index contributed by atoms with van der Waals surface area (Å²) in [5, 5.41) is 2.11. The Labute approximate surface area is 109 Å². The number of nitrogens with zero attached hydrogens (tertiary/aromatic N) is 1. The van der Waals surface area contributed by atoms with Crippen molar-refractivity contribution in [1.29, 1.82) is 0 Å². The fourth-order valence-corrected chi connectivity index (χ4v) is 2.31. The van der Waals surface area contributed by atoms with Gasteiger partial charge in [0.25, 0.3) is 0 Å². The molecule has 2 aromatic rings. The van der Waals surface area contributed by atoms with E-state index in [1.165, 1.54) is 0 Å². The molecule has 0 fully saturated rings. The molecule has 2 rings (SSSR count). The molecule has 1 aromatic carbocycles. The van der Waals surface area contributed by atoms with Crippen molar-refractivity contribution in [3.05, 3.63) is 34.4 Å². The van der Waals surface area contributed by atoms with Gasteiger partial charge in [-0.05, 0) is 18.2 Å². The highest BCUT2D eigenvalue weighted by Crippen LogP contribution is 2.29. The molecule has 0 bridgehead atoms. The van der Waals surface area contributed by atoms with Crippen LogP contribution in [0.5, 0.6) is 0 Å². The maximum atomic E-state index is 11.1. The normalized spacial score (nSPS) is 12.9. The highest BCUT2D eigenvalue weighted by molar-refractivity contribution is 6.38. The van der Waals surface area contributed by atoms with Gasteiger partial charge in [-0.15, -0.1) is 0 Å². The number of hydrogen-bond donors (Lipinski definition) is 1. The number of nitrogens with two attached hydrogens (primary N) is 1. The predicted octanol–water partition coefficient (Wildman–Crippen LogP) is 3.07. The van der Waals surface area contributed by atoms with Gasteiger partial charge >= 0.3 is 0 Å². The molecule has 1 aromatic heterocycles. The van der Waals surface area contributed by atoms with Crippen molar-refractivity contribution in [2.45, 2.75) is 13.5 Å². The van der Waals surface area contributed by atoms with Crippen LogP contribution in [0.1, 0.15) is 6.92 Å². The Bertz CT molecular complexity index is 577. The Morgan fingerprint density at radius 2 is 2.18 bits per heavy atom. The van der Waals surface area contributed by atoms with Gasteiger partial charge in [-0.2, -0.15) is 0 Å². The van der Waals surface area contributed by atoms with Crippen molar-refractivity contribution in [3.8, 4) is 0 Å². The molecule has 1 atom stereocenters. The summed E-state index contributed by atoms with van der Waals surface area (Å²) in [5.74, 6) is -0.552. The summed E-state index contributed by atoms with van der Waals surface area (Å²) in [5.41, 5.74) is 6.16. The highest BCUT2D eigenvalue weighted by Gasteiger charge is 2.12. The van der Waals surface area contributed by atoms with Crippen molar-refractivity contribution in [3.63, 3.8) is 0 Å². The molecule has 2 N–H and O–H groups in total. The Balaban J connectivity index is 2.45. The molecule has 1 amide bonds. The summed E-state index contributed by atoms with van der Waals surface area (Å²) in [7, 11) is 0. The molecule has 5 heteroatoms. The van der Waals surface area contributed by atoms with Crippen LogP contribution in [-0.4, -0.2) is 10.5 Å². The number of aromatic nitrogens is 1. The number of fused-ring (bicyclic) bond motifs is 1. The minimum absolute atomic E-state index is 0.233. The van der Waals surface area contributed by atoms with Crippen LogP contribution in [0, 0.1) is 5.92 Å². The van der Waals surface area contributed by atoms with Gasteiger partial charge < -0.3 is 10.3 Å². The second-order valence-corrected chi connectivity index (χ2v) is 4.94. The standard InChI is InChI=1S/C12H12Cl2N2O/c1-7(12(15)17)6-16-3-2-9-10(14)4-8(13)5-11(9)16/h2-5,7H,6H2,1H3,(H2,15,17). The van der Waals surface area contributed by atoms with Crippen molar-refractivity contribution in [2.75, 3.05) is 0 Å². The predicted molar refractivity (Wildman–Crippen MR) is 70.3 cm³/mol. The van der Waals surface area contributed by atoms with Crippen LogP contribution >= 0.6 is 23.2 Å². The third-order valence-electron chi connectivity index (χ3n) is 2.76. The van der Waals surface area contributed by atoms with Gasteiger partial charge in [0.2, 0.25) is 5.91 Å². The van der Waals surface area contributed by atoms with Crippen LogP contribution in [-0.2, 0) is 11.3 Å². The van der Waals surface area contributed by atoms with Gasteiger partial charge in [0.15, 0.2) is 0 Å². The monoisotopic (exact) mass is 270 g/mol. The van der Waals surface area contributed by atoms with E-state index < -0.39 is 0 Å². The van der Waals surface area contributed by atoms with Crippen molar-refractivity contribution < 1.29 is 4.79 Å². The van der Waals surface area contributed by atoms with E-state index in [1.54, 1.807) is 13.0 Å². The molecule has 3 nitrogen and oxygen atoms in total. The van der Waals surface area contributed by atoms with Crippen LogP contribution in [0.2, 0.25) is 10.0 Å². The Kier molecular flexibility index (Phi) is 3.31. The lowest BCUT2D eigenvalue weighted by Gasteiger charge is -2.10. The number of rotatable bonds is 3. The van der Waals surface area contributed by atoms with E-state index in [2.05, 4.69) is 0 Å². The summed E-state index contributed by atoms with van der Waals surface area (Å²) < 4.78 is 1.93. The van der Waals surface area contributed by atoms with Gasteiger partial charge in [0, 0.05) is 23.2 Å². The lowest BCUT2D eigenvalue weighted by atomic mass is 10.1. The van der Waals surface area contributed by atoms with Crippen LogP contribution in [0.3, 0.4) is 0 Å². The lowest BCUT2D eigenvalue weighted by molar-refractivity contribution is -0.121. The molecule has 0 aliphatic rings. The smallest absolute Gasteiger partial charge is 0.222 e. The SMILES string of the molecule is CC(Cn1ccc2c(Cl)cc(Cl)cc21)C(N)=O. The number of hydrogen-bond acceptors (Lipinski definition) is 1. The van der Waals surface area contributed by atoms with Gasteiger partial charge in [-0.25, -0.2) is 0 Å². The maximum absolute atomic E-state index is 11.1. The molecule has 17 heavy (non-hydrogen) atoms. The van der Waals surface area contributed by atoms with E-state index in [4.69, 9.17) is 28.9 Å². The average molecular weight is 271 g/mol. The van der Waals surface area contributed by atoms with Gasteiger partial charge in [0.05, 0.1) is 16.5 Å². The molecule has 0 aliphatic carbocycles. The number of carbonyl (C=O) groups is 1. The molecule has 0 spiro atoms. The van der Waals surface area contributed by atoms with E-state index in [1.807, 2.05) is 22.9 Å². The summed E-state index contributed by atoms with van der Waals surface area (Å²) in [6, 6.07) is 5.44. The van der Waals surface area contributed by atoms with Crippen molar-refractivity contribution in [1.82, 2.24) is 4.57 Å². The van der Waals surface area contributed by atoms with Gasteiger partial charge in [-0.3, -0.25) is 4.79 Å². The number of primary amides is 1. The number of amides is 1. The van der Waals surface area contributed by atoms with E-state index in [9.17, 15) is 4.79 Å². The first kappa shape index (κ1) is 12.3. The molecule has 0 aliphatic heterocycles. The van der Waals surface area contributed by atoms with E-state index in [0.717, 1.165) is 10.9 Å². The molecule has 1 heterocycles. The number of benzene rings is 1. The fraction of sp³-hybridized carbons (Fsp3) is 0.250. The van der Waals surface area contributed by atoms with E-state index >= 15 is 0 Å². The largest absolute Gasteiger partial charge is 0.369 e. The Morgan fingerprint density at radius 3 is 2.82 bits per heavy atom. The zero-order valence-electron chi connectivity index (χ0n) is 9.28. The Hall–Kier alpha value is -1.19. The van der Waals surface area contributed by atoms with Crippen molar-refractivity contribution in [2.24, 2.45) is 11.7 Å². The molecule has 1 unspecified atom stereocenters. The van der Waals surface area contributed by atoms with Crippen LogP contribution in [0.4, 0.5) is 0 Å². The second-order valence-electron chi connectivity index (χ2n) is 4.09. The summed E-state index contributed by atoms with van der Waals surface area (Å²) in [6.07, 6.45) is 1.88. The molecule has 0 radical (unpaired) electrons. The van der Waals surface area contributed by atoms with Crippen LogP contribution < -0.4 is 5.73 Å². The summed E-state index contributed by atoms with van der Waals surface area (Å²) >= 11 is 12.0. The minimum atomic E-state index is -0.319. The number of halogens is 2. The van der Waals surface area contributed by atoms with Crippen molar-refractivity contribution >= 4 is 40.0 Å². The lowest BCUT2D eigenvalue weighted by Crippen LogP contribution is -2.24. The van der Waals surface area contributed by atoms with Gasteiger partial charge in [-0.1, -0.05) is 30.1 Å². The summed E-state index contributed by atoms with van der Waals surface area (Å²) in [4.78, 5) is 11.1. The van der Waals surface area contributed by atoms with Gasteiger partial charge in [0.1, 0.15) is 0 Å². The molecular weight excluding hydrogens is 259 g/mol. The maximum Gasteiger partial charge on any atom is 0.222 e. The first-order valence-corrected chi connectivity index (χ1v) is 5.98. The molecule has 0 saturated heterocycles. The first-order chi connectivity index (χ1) is 7.99. The zero-order valence-corrected chi connectivity index (χ0v) is 10.8. The zero-order chi connectivity index (χ0) is 12.6. The van der Waals surface area contributed by atoms with E-state index in [0.29, 0.717) is 16.6 Å². The van der Waals surface area contributed by atoms with E-state index in [-0.39, 0.29) is 11.8 Å². The summed E-state index contributed by atoms with van der Waals surface area (Å²) in [6.45, 7) is 2.32. The molecule has 0 saturated carbocycles. The molecular formula is C12H12Cl2N2O. The topological polar surface area (TPSA) is 48.0 Å². The van der Waals surface area contributed by atoms with Crippen LogP contribution in [0.15, 0.2) is 24.4 Å². The first-order valence-electron chi connectivity index (χ1n) is 5.22. The second kappa shape index (κ2) is 4.59.